The predicted molar refractivity (Wildman–Crippen MR) is 119 cm³/mol. The minimum atomic E-state index is -0.342. The van der Waals surface area contributed by atoms with Gasteiger partial charge in [0, 0.05) is 17.3 Å². The van der Waals surface area contributed by atoms with Crippen molar-refractivity contribution in [1.29, 1.82) is 0 Å². The summed E-state index contributed by atoms with van der Waals surface area (Å²) in [6.45, 7) is 13.0. The highest BCUT2D eigenvalue weighted by molar-refractivity contribution is 5.85. The summed E-state index contributed by atoms with van der Waals surface area (Å²) in [6, 6.07) is 13.6. The topological polar surface area (TPSA) is 52.8 Å². The number of benzene rings is 2. The first-order valence-electron chi connectivity index (χ1n) is 10.2. The second-order valence-electron chi connectivity index (χ2n) is 8.82. The fourth-order valence-electron chi connectivity index (χ4n) is 3.14. The van der Waals surface area contributed by atoms with Crippen LogP contribution in [0.5, 0.6) is 5.75 Å². The van der Waals surface area contributed by atoms with E-state index in [1.807, 2.05) is 36.4 Å². The Bertz CT molecular complexity index is 807. The van der Waals surface area contributed by atoms with E-state index in [-0.39, 0.29) is 29.2 Å². The number of aliphatic hydroxyl groups excluding tert-OH is 1. The fourth-order valence-corrected chi connectivity index (χ4v) is 3.14. The fraction of sp³-hybridized carbons (Fsp3) is 0.480. The summed E-state index contributed by atoms with van der Waals surface area (Å²) in [5.74, 6) is 0.288. The number of aromatic hydroxyl groups is 1. The van der Waals surface area contributed by atoms with E-state index in [0.29, 0.717) is 5.56 Å². The Labute approximate surface area is 170 Å². The van der Waals surface area contributed by atoms with Crippen LogP contribution in [0.25, 0.3) is 0 Å². The SMILES string of the molecule is CCC(C)(C)c1cc(C=N[C@@H](CO)c2ccccc2)c(O)c(C(C)(C)CC)c1. The van der Waals surface area contributed by atoms with E-state index < -0.39 is 0 Å². The molecule has 0 saturated heterocycles. The molecule has 3 heteroatoms. The van der Waals surface area contributed by atoms with Gasteiger partial charge in [-0.1, -0.05) is 77.9 Å². The maximum Gasteiger partial charge on any atom is 0.128 e. The molecule has 0 bridgehead atoms. The van der Waals surface area contributed by atoms with Crippen LogP contribution in [-0.2, 0) is 10.8 Å². The van der Waals surface area contributed by atoms with E-state index in [2.05, 4.69) is 52.6 Å². The van der Waals surface area contributed by atoms with Crippen molar-refractivity contribution in [3.63, 3.8) is 0 Å². The number of aliphatic imine (C=N–C) groups is 1. The lowest BCUT2D eigenvalue weighted by molar-refractivity contribution is 0.269. The molecule has 0 spiro atoms. The summed E-state index contributed by atoms with van der Waals surface area (Å²) in [5, 5.41) is 20.8. The Morgan fingerprint density at radius 3 is 2.11 bits per heavy atom. The number of phenolic OH excluding ortho intramolecular Hbond substituents is 1. The molecule has 3 nitrogen and oxygen atoms in total. The van der Waals surface area contributed by atoms with Crippen molar-refractivity contribution in [3.05, 3.63) is 64.7 Å². The van der Waals surface area contributed by atoms with E-state index in [1.54, 1.807) is 6.21 Å². The molecule has 152 valence electrons. The monoisotopic (exact) mass is 381 g/mol. The third kappa shape index (κ3) is 4.82. The maximum absolute atomic E-state index is 11.0. The lowest BCUT2D eigenvalue weighted by atomic mass is 9.75. The number of rotatable bonds is 8. The van der Waals surface area contributed by atoms with Crippen molar-refractivity contribution < 1.29 is 10.2 Å². The van der Waals surface area contributed by atoms with Gasteiger partial charge in [-0.25, -0.2) is 0 Å². The van der Waals surface area contributed by atoms with Crippen LogP contribution in [0, 0.1) is 0 Å². The predicted octanol–water partition coefficient (Wildman–Crippen LogP) is 5.92. The first kappa shape index (κ1) is 22.2. The molecule has 0 amide bonds. The van der Waals surface area contributed by atoms with Crippen LogP contribution in [0.2, 0.25) is 0 Å². The van der Waals surface area contributed by atoms with E-state index >= 15 is 0 Å². The Morgan fingerprint density at radius 1 is 0.964 bits per heavy atom. The van der Waals surface area contributed by atoms with Crippen LogP contribution in [-0.4, -0.2) is 23.0 Å². The molecule has 28 heavy (non-hydrogen) atoms. The van der Waals surface area contributed by atoms with Gasteiger partial charge in [0.05, 0.1) is 12.6 Å². The van der Waals surface area contributed by atoms with Crippen molar-refractivity contribution in [2.45, 2.75) is 71.3 Å². The summed E-state index contributed by atoms with van der Waals surface area (Å²) in [6.07, 6.45) is 3.65. The number of aliphatic hydroxyl groups is 1. The second-order valence-corrected chi connectivity index (χ2v) is 8.82. The van der Waals surface area contributed by atoms with Crippen molar-refractivity contribution in [1.82, 2.24) is 0 Å². The van der Waals surface area contributed by atoms with Gasteiger partial charge >= 0.3 is 0 Å². The molecular weight excluding hydrogens is 346 g/mol. The van der Waals surface area contributed by atoms with E-state index in [9.17, 15) is 10.2 Å². The Hall–Kier alpha value is -2.13. The zero-order valence-electron chi connectivity index (χ0n) is 18.2. The number of hydrogen-bond donors (Lipinski definition) is 2. The van der Waals surface area contributed by atoms with Gasteiger partial charge in [-0.3, -0.25) is 4.99 Å². The van der Waals surface area contributed by atoms with Gasteiger partial charge in [0.2, 0.25) is 0 Å². The zero-order chi connectivity index (χ0) is 20.9. The first-order chi connectivity index (χ1) is 13.2. The van der Waals surface area contributed by atoms with Crippen molar-refractivity contribution in [2.24, 2.45) is 4.99 Å². The molecule has 0 aliphatic rings. The molecule has 2 aromatic rings. The van der Waals surface area contributed by atoms with Crippen LogP contribution in [0.1, 0.15) is 82.7 Å². The van der Waals surface area contributed by atoms with Gasteiger partial charge in [-0.05, 0) is 40.9 Å². The zero-order valence-corrected chi connectivity index (χ0v) is 18.2. The third-order valence-corrected chi connectivity index (χ3v) is 6.17. The minimum Gasteiger partial charge on any atom is -0.507 e. The standard InChI is InChI=1S/C25H35NO2/c1-7-24(3,4)20-14-19(23(28)21(15-20)25(5,6)8-2)16-26-22(17-27)18-12-10-9-11-13-18/h9-16,22,27-28H,7-8,17H2,1-6H3/t22-/m0/s1. The van der Waals surface area contributed by atoms with Crippen molar-refractivity contribution in [3.8, 4) is 5.75 Å². The Balaban J connectivity index is 2.56. The average Bonchev–Trinajstić information content (AvgIpc) is 2.70. The molecule has 0 aromatic heterocycles. The maximum atomic E-state index is 11.0. The van der Waals surface area contributed by atoms with Gasteiger partial charge in [-0.15, -0.1) is 0 Å². The van der Waals surface area contributed by atoms with Crippen LogP contribution in [0.3, 0.4) is 0 Å². The lowest BCUT2D eigenvalue weighted by Crippen LogP contribution is -2.21. The van der Waals surface area contributed by atoms with Crippen LogP contribution >= 0.6 is 0 Å². The lowest BCUT2D eigenvalue weighted by Gasteiger charge is -2.30. The van der Waals surface area contributed by atoms with Gasteiger partial charge in [0.25, 0.3) is 0 Å². The Kier molecular flexibility index (Phi) is 7.06. The number of hydrogen-bond acceptors (Lipinski definition) is 3. The molecule has 0 saturated carbocycles. The molecule has 2 aromatic carbocycles. The summed E-state index contributed by atoms with van der Waals surface area (Å²) < 4.78 is 0. The highest BCUT2D eigenvalue weighted by atomic mass is 16.3. The van der Waals surface area contributed by atoms with Gasteiger partial charge < -0.3 is 10.2 Å². The van der Waals surface area contributed by atoms with Gasteiger partial charge in [0.1, 0.15) is 5.75 Å². The normalized spacial score (nSPS) is 13.8. The summed E-state index contributed by atoms with van der Waals surface area (Å²) in [4.78, 5) is 4.61. The molecule has 2 rings (SSSR count). The van der Waals surface area contributed by atoms with Crippen LogP contribution in [0.15, 0.2) is 47.5 Å². The first-order valence-corrected chi connectivity index (χ1v) is 10.2. The summed E-state index contributed by atoms with van der Waals surface area (Å²) in [7, 11) is 0. The molecular formula is C25H35NO2. The highest BCUT2D eigenvalue weighted by Crippen LogP contribution is 2.39. The van der Waals surface area contributed by atoms with Gasteiger partial charge in [0.15, 0.2) is 0 Å². The second kappa shape index (κ2) is 8.91. The molecule has 0 aliphatic heterocycles. The van der Waals surface area contributed by atoms with Crippen LogP contribution in [0.4, 0.5) is 0 Å². The Morgan fingerprint density at radius 2 is 1.57 bits per heavy atom. The molecule has 0 unspecified atom stereocenters. The van der Waals surface area contributed by atoms with Crippen LogP contribution < -0.4 is 0 Å². The number of phenols is 1. The third-order valence-electron chi connectivity index (χ3n) is 6.17. The molecule has 0 fully saturated rings. The van der Waals surface area contributed by atoms with E-state index in [4.69, 9.17) is 0 Å². The smallest absolute Gasteiger partial charge is 0.128 e. The van der Waals surface area contributed by atoms with E-state index in [1.165, 1.54) is 5.56 Å². The van der Waals surface area contributed by atoms with E-state index in [0.717, 1.165) is 24.0 Å². The largest absolute Gasteiger partial charge is 0.507 e. The van der Waals surface area contributed by atoms with Gasteiger partial charge in [-0.2, -0.15) is 0 Å². The quantitative estimate of drug-likeness (QED) is 0.558. The molecule has 1 atom stereocenters. The molecule has 0 heterocycles. The minimum absolute atomic E-state index is 0.00463. The highest BCUT2D eigenvalue weighted by Gasteiger charge is 2.27. The average molecular weight is 382 g/mol. The molecule has 2 N–H and O–H groups in total. The van der Waals surface area contributed by atoms with Crippen molar-refractivity contribution in [2.75, 3.05) is 6.61 Å². The molecule has 0 radical (unpaired) electrons. The van der Waals surface area contributed by atoms with Crippen molar-refractivity contribution >= 4 is 6.21 Å². The summed E-state index contributed by atoms with van der Waals surface area (Å²) >= 11 is 0. The molecule has 0 aliphatic carbocycles. The summed E-state index contributed by atoms with van der Waals surface area (Å²) in [5.41, 5.74) is 3.69. The number of nitrogens with zero attached hydrogens (tertiary/aromatic N) is 1.